The first-order chi connectivity index (χ1) is 17.0. The second kappa shape index (κ2) is 10.1. The molecule has 11 heteroatoms. The molecule has 0 aliphatic carbocycles. The summed E-state index contributed by atoms with van der Waals surface area (Å²) in [5.41, 5.74) is 8.11. The summed E-state index contributed by atoms with van der Waals surface area (Å²) in [6, 6.07) is 13.8. The Morgan fingerprint density at radius 1 is 1.08 bits per heavy atom. The van der Waals surface area contributed by atoms with Crippen LogP contribution in [0.1, 0.15) is 30.1 Å². The largest absolute Gasteiger partial charge is 0.366 e. The second-order valence-corrected chi connectivity index (χ2v) is 11.1. The van der Waals surface area contributed by atoms with Gasteiger partial charge in [0.1, 0.15) is 11.5 Å². The molecule has 36 heavy (non-hydrogen) atoms. The van der Waals surface area contributed by atoms with Crippen LogP contribution >= 0.6 is 0 Å². The number of amides is 2. The molecular formula is C25H30N6O4S. The third kappa shape index (κ3) is 5.42. The summed E-state index contributed by atoms with van der Waals surface area (Å²) in [4.78, 5) is 33.6. The van der Waals surface area contributed by atoms with Crippen molar-refractivity contribution >= 4 is 44.5 Å². The van der Waals surface area contributed by atoms with Gasteiger partial charge < -0.3 is 15.5 Å². The Bertz CT molecular complexity index is 1350. The number of amidine groups is 1. The van der Waals surface area contributed by atoms with E-state index >= 15 is 0 Å². The molecule has 0 radical (unpaired) electrons. The maximum absolute atomic E-state index is 13.7. The Hall–Kier alpha value is -3.70. The number of anilines is 3. The molecular weight excluding hydrogens is 480 g/mol. The number of carbonyl (C=O) groups is 2. The van der Waals surface area contributed by atoms with E-state index in [1.165, 1.54) is 12.1 Å². The normalized spacial score (nSPS) is 16.8. The molecule has 2 heterocycles. The van der Waals surface area contributed by atoms with Gasteiger partial charge in [0, 0.05) is 42.8 Å². The quantitative estimate of drug-likeness (QED) is 0.427. The van der Waals surface area contributed by atoms with E-state index in [0.717, 1.165) is 42.3 Å². The zero-order chi connectivity index (χ0) is 26.0. The smallest absolute Gasteiger partial charge is 0.276 e. The number of benzene rings is 2. The maximum Gasteiger partial charge on any atom is 0.276 e. The van der Waals surface area contributed by atoms with Crippen molar-refractivity contribution in [2.75, 3.05) is 46.5 Å². The summed E-state index contributed by atoms with van der Waals surface area (Å²) in [7, 11) is -3.42. The molecule has 0 atom stereocenters. The van der Waals surface area contributed by atoms with E-state index in [2.05, 4.69) is 9.89 Å². The molecule has 10 nitrogen and oxygen atoms in total. The molecule has 190 valence electrons. The number of nitrogens with two attached hydrogens (primary N) is 2. The minimum Gasteiger partial charge on any atom is -0.366 e. The number of rotatable bonds is 7. The van der Waals surface area contributed by atoms with Crippen molar-refractivity contribution in [1.82, 2.24) is 0 Å². The predicted molar refractivity (Wildman–Crippen MR) is 142 cm³/mol. The van der Waals surface area contributed by atoms with Gasteiger partial charge in [0.2, 0.25) is 5.91 Å². The van der Waals surface area contributed by atoms with Gasteiger partial charge in [-0.1, -0.05) is 6.07 Å². The van der Waals surface area contributed by atoms with Crippen LogP contribution in [0, 0.1) is 0 Å². The van der Waals surface area contributed by atoms with E-state index in [0.29, 0.717) is 29.9 Å². The van der Waals surface area contributed by atoms with Crippen LogP contribution in [-0.2, 0) is 14.6 Å². The van der Waals surface area contributed by atoms with Crippen LogP contribution in [-0.4, -0.2) is 57.7 Å². The fourth-order valence-corrected chi connectivity index (χ4v) is 5.42. The van der Waals surface area contributed by atoms with E-state index in [9.17, 15) is 18.0 Å². The number of carbonyl (C=O) groups excluding carboxylic acids is 2. The lowest BCUT2D eigenvalue weighted by Gasteiger charge is -2.35. The van der Waals surface area contributed by atoms with Gasteiger partial charge in [-0.2, -0.15) is 0 Å². The Balaban J connectivity index is 1.68. The van der Waals surface area contributed by atoms with Crippen LogP contribution in [0.3, 0.4) is 0 Å². The lowest BCUT2D eigenvalue weighted by atomic mass is 10.0. The first-order valence-corrected chi connectivity index (χ1v) is 13.7. The minimum atomic E-state index is -3.42. The number of primary amides is 1. The molecule has 0 bridgehead atoms. The Morgan fingerprint density at radius 2 is 1.75 bits per heavy atom. The summed E-state index contributed by atoms with van der Waals surface area (Å²) in [5.74, 6) is 5.98. The predicted octanol–water partition coefficient (Wildman–Crippen LogP) is 1.83. The van der Waals surface area contributed by atoms with Crippen molar-refractivity contribution in [2.45, 2.75) is 19.8 Å². The lowest BCUT2D eigenvalue weighted by molar-refractivity contribution is -0.115. The third-order valence-electron chi connectivity index (χ3n) is 6.25. The van der Waals surface area contributed by atoms with Crippen molar-refractivity contribution in [3.05, 3.63) is 65.4 Å². The summed E-state index contributed by atoms with van der Waals surface area (Å²) >= 11 is 0. The highest BCUT2D eigenvalue weighted by Crippen LogP contribution is 2.31. The number of sulfone groups is 1. The van der Waals surface area contributed by atoms with Crippen molar-refractivity contribution < 1.29 is 18.0 Å². The summed E-state index contributed by atoms with van der Waals surface area (Å²) in [6.07, 6.45) is 2.43. The van der Waals surface area contributed by atoms with Crippen LogP contribution in [0.2, 0.25) is 0 Å². The Morgan fingerprint density at radius 3 is 2.36 bits per heavy atom. The molecule has 0 saturated carbocycles. The van der Waals surface area contributed by atoms with Gasteiger partial charge in [-0.15, -0.1) is 0 Å². The SMILES string of the molecule is CC1=NCCCN1c1ccc(N2CCC(CS(C)(=O)=O)=C(N(N)c3cccc(C(N)=O)c3)C2=O)cc1. The molecule has 2 amide bonds. The number of hydrogen-bond acceptors (Lipinski definition) is 8. The maximum atomic E-state index is 13.7. The van der Waals surface area contributed by atoms with E-state index in [4.69, 9.17) is 11.6 Å². The number of nitrogens with zero attached hydrogens (tertiary/aromatic N) is 4. The average molecular weight is 511 g/mol. The second-order valence-electron chi connectivity index (χ2n) is 8.96. The number of aliphatic imine (C=N–C) groups is 1. The molecule has 2 aliphatic heterocycles. The molecule has 2 aromatic carbocycles. The van der Waals surface area contributed by atoms with Gasteiger partial charge in [0.05, 0.1) is 11.4 Å². The highest BCUT2D eigenvalue weighted by atomic mass is 32.2. The molecule has 4 N–H and O–H groups in total. The Labute approximate surface area is 210 Å². The third-order valence-corrected chi connectivity index (χ3v) is 7.12. The van der Waals surface area contributed by atoms with Crippen LogP contribution in [0.5, 0.6) is 0 Å². The first kappa shape index (κ1) is 25.4. The van der Waals surface area contributed by atoms with Crippen LogP contribution in [0.4, 0.5) is 17.1 Å². The number of hydrazine groups is 1. The highest BCUT2D eigenvalue weighted by molar-refractivity contribution is 7.90. The zero-order valence-electron chi connectivity index (χ0n) is 20.3. The monoisotopic (exact) mass is 510 g/mol. The molecule has 0 unspecified atom stereocenters. The highest BCUT2D eigenvalue weighted by Gasteiger charge is 2.33. The topological polar surface area (TPSA) is 142 Å². The molecule has 4 rings (SSSR count). The Kier molecular flexibility index (Phi) is 7.14. The molecule has 0 fully saturated rings. The molecule has 2 aromatic rings. The van der Waals surface area contributed by atoms with Crippen molar-refractivity contribution in [3.63, 3.8) is 0 Å². The van der Waals surface area contributed by atoms with Crippen LogP contribution < -0.4 is 26.4 Å². The van der Waals surface area contributed by atoms with Crippen LogP contribution in [0.25, 0.3) is 0 Å². The van der Waals surface area contributed by atoms with E-state index in [1.807, 2.05) is 31.2 Å². The summed E-state index contributed by atoms with van der Waals surface area (Å²) < 4.78 is 24.3. The van der Waals surface area contributed by atoms with Gasteiger partial charge >= 0.3 is 0 Å². The lowest BCUT2D eigenvalue weighted by Crippen LogP contribution is -2.47. The average Bonchev–Trinajstić information content (AvgIpc) is 2.84. The van der Waals surface area contributed by atoms with Gasteiger partial charge in [-0.3, -0.25) is 19.6 Å². The molecule has 0 saturated heterocycles. The molecule has 0 spiro atoms. The zero-order valence-corrected chi connectivity index (χ0v) is 21.2. The van der Waals surface area contributed by atoms with E-state index < -0.39 is 21.7 Å². The van der Waals surface area contributed by atoms with Crippen molar-refractivity contribution in [1.29, 1.82) is 0 Å². The van der Waals surface area contributed by atoms with Crippen LogP contribution in [0.15, 0.2) is 64.8 Å². The van der Waals surface area contributed by atoms with Gasteiger partial charge in [0.15, 0.2) is 9.84 Å². The van der Waals surface area contributed by atoms with E-state index in [-0.39, 0.29) is 17.0 Å². The number of hydrogen-bond donors (Lipinski definition) is 2. The van der Waals surface area contributed by atoms with Gasteiger partial charge in [0.25, 0.3) is 5.91 Å². The molecule has 2 aliphatic rings. The van der Waals surface area contributed by atoms with Crippen molar-refractivity contribution in [3.8, 4) is 0 Å². The van der Waals surface area contributed by atoms with Gasteiger partial charge in [-0.25, -0.2) is 14.3 Å². The van der Waals surface area contributed by atoms with E-state index in [1.54, 1.807) is 17.0 Å². The summed E-state index contributed by atoms with van der Waals surface area (Å²) in [6.45, 7) is 3.99. The fourth-order valence-electron chi connectivity index (χ4n) is 4.51. The minimum absolute atomic E-state index is 0.0661. The fraction of sp³-hybridized carbons (Fsp3) is 0.320. The first-order valence-electron chi connectivity index (χ1n) is 11.6. The molecule has 0 aromatic heterocycles. The standard InChI is InChI=1S/C25H30N6O4S/c1-17-28-12-4-13-29(17)20-7-9-21(10-8-20)30-14-11-19(16-36(2,34)35)23(25(30)33)31(27)22-6-3-5-18(15-22)24(26)32/h3,5-10,15H,4,11-14,16,27H2,1-2H3,(H2,26,32). The van der Waals surface area contributed by atoms with Crippen molar-refractivity contribution in [2.24, 2.45) is 16.6 Å². The summed E-state index contributed by atoms with van der Waals surface area (Å²) in [5, 5.41) is 1.14. The van der Waals surface area contributed by atoms with Gasteiger partial charge in [-0.05, 0) is 67.8 Å².